The summed E-state index contributed by atoms with van der Waals surface area (Å²) in [4.78, 5) is 11.9. The molecule has 0 unspecified atom stereocenters. The standard InChI is InChI=1S/C19H16O4/c1-13-3-6-16(22-13)9-10-19(20)23-18-8-5-14-4-7-17(21-2)11-15(14)12-18/h3-12H,1-2H3/b10-9+. The summed E-state index contributed by atoms with van der Waals surface area (Å²) < 4.78 is 15.9. The van der Waals surface area contributed by atoms with Crippen LogP contribution < -0.4 is 9.47 Å². The van der Waals surface area contributed by atoms with E-state index in [0.29, 0.717) is 11.5 Å². The van der Waals surface area contributed by atoms with Crippen LogP contribution in [0.1, 0.15) is 11.5 Å². The monoisotopic (exact) mass is 308 g/mol. The molecule has 0 bridgehead atoms. The molecular weight excluding hydrogens is 292 g/mol. The number of hydrogen-bond acceptors (Lipinski definition) is 4. The third kappa shape index (κ3) is 3.61. The second-order valence-electron chi connectivity index (χ2n) is 5.08. The second kappa shape index (κ2) is 6.40. The molecule has 4 heteroatoms. The van der Waals surface area contributed by atoms with E-state index in [1.54, 1.807) is 31.4 Å². The van der Waals surface area contributed by atoms with Gasteiger partial charge in [-0.25, -0.2) is 4.79 Å². The number of furan rings is 1. The molecule has 3 rings (SSSR count). The Morgan fingerprint density at radius 3 is 2.43 bits per heavy atom. The fraction of sp³-hybridized carbons (Fsp3) is 0.105. The van der Waals surface area contributed by atoms with E-state index in [1.165, 1.54) is 6.08 Å². The number of fused-ring (bicyclic) bond motifs is 1. The largest absolute Gasteiger partial charge is 0.497 e. The van der Waals surface area contributed by atoms with E-state index in [2.05, 4.69) is 0 Å². The van der Waals surface area contributed by atoms with Crippen molar-refractivity contribution >= 4 is 22.8 Å². The molecule has 0 fully saturated rings. The topological polar surface area (TPSA) is 48.7 Å². The molecule has 0 spiro atoms. The van der Waals surface area contributed by atoms with Crippen LogP contribution in [0.2, 0.25) is 0 Å². The van der Waals surface area contributed by atoms with Gasteiger partial charge in [0.05, 0.1) is 7.11 Å². The zero-order valence-corrected chi connectivity index (χ0v) is 12.9. The van der Waals surface area contributed by atoms with Crippen molar-refractivity contribution in [3.8, 4) is 11.5 Å². The zero-order valence-electron chi connectivity index (χ0n) is 12.9. The molecule has 3 aromatic rings. The number of ether oxygens (including phenoxy) is 2. The fourth-order valence-electron chi connectivity index (χ4n) is 2.24. The Bertz CT molecular complexity index is 874. The van der Waals surface area contributed by atoms with Gasteiger partial charge in [-0.2, -0.15) is 0 Å². The quantitative estimate of drug-likeness (QED) is 0.408. The van der Waals surface area contributed by atoms with Gasteiger partial charge < -0.3 is 13.9 Å². The van der Waals surface area contributed by atoms with Crippen LogP contribution in [0, 0.1) is 6.92 Å². The van der Waals surface area contributed by atoms with E-state index < -0.39 is 5.97 Å². The summed E-state index contributed by atoms with van der Waals surface area (Å²) in [6.07, 6.45) is 2.92. The minimum atomic E-state index is -0.457. The van der Waals surface area contributed by atoms with E-state index in [-0.39, 0.29) is 0 Å². The van der Waals surface area contributed by atoms with Crippen molar-refractivity contribution in [2.24, 2.45) is 0 Å². The number of methoxy groups -OCH3 is 1. The Labute approximate surface area is 133 Å². The van der Waals surface area contributed by atoms with Crippen molar-refractivity contribution in [3.63, 3.8) is 0 Å². The number of esters is 1. The van der Waals surface area contributed by atoms with Crippen molar-refractivity contribution in [2.45, 2.75) is 6.92 Å². The van der Waals surface area contributed by atoms with Crippen molar-refractivity contribution in [2.75, 3.05) is 7.11 Å². The third-order valence-corrected chi connectivity index (χ3v) is 3.38. The molecule has 0 amide bonds. The normalized spacial score (nSPS) is 11.0. The highest BCUT2D eigenvalue weighted by Gasteiger charge is 2.04. The van der Waals surface area contributed by atoms with Crippen LogP contribution in [0.3, 0.4) is 0 Å². The SMILES string of the molecule is COc1ccc2ccc(OC(=O)/C=C/c3ccc(C)o3)cc2c1. The summed E-state index contributed by atoms with van der Waals surface area (Å²) in [6, 6.07) is 14.8. The molecule has 0 aliphatic heterocycles. The first kappa shape index (κ1) is 14.9. The molecule has 0 saturated heterocycles. The summed E-state index contributed by atoms with van der Waals surface area (Å²) in [7, 11) is 1.62. The van der Waals surface area contributed by atoms with E-state index in [1.807, 2.05) is 37.3 Å². The molecule has 0 radical (unpaired) electrons. The maximum Gasteiger partial charge on any atom is 0.336 e. The van der Waals surface area contributed by atoms with Crippen LogP contribution in [0.15, 0.2) is 59.0 Å². The Balaban J connectivity index is 1.75. The van der Waals surface area contributed by atoms with Crippen molar-refractivity contribution in [1.82, 2.24) is 0 Å². The van der Waals surface area contributed by atoms with E-state index in [0.717, 1.165) is 22.3 Å². The van der Waals surface area contributed by atoms with Crippen LogP contribution in [0.25, 0.3) is 16.8 Å². The molecule has 0 N–H and O–H groups in total. The molecule has 0 saturated carbocycles. The maximum absolute atomic E-state index is 11.9. The van der Waals surface area contributed by atoms with Crippen LogP contribution in [-0.4, -0.2) is 13.1 Å². The smallest absolute Gasteiger partial charge is 0.336 e. The summed E-state index contributed by atoms with van der Waals surface area (Å²) >= 11 is 0. The van der Waals surface area contributed by atoms with Gasteiger partial charge in [0, 0.05) is 6.08 Å². The predicted molar refractivity (Wildman–Crippen MR) is 88.6 cm³/mol. The minimum absolute atomic E-state index is 0.457. The van der Waals surface area contributed by atoms with Crippen molar-refractivity contribution in [3.05, 3.63) is 66.1 Å². The van der Waals surface area contributed by atoms with Crippen LogP contribution in [0.5, 0.6) is 11.5 Å². The van der Waals surface area contributed by atoms with Gasteiger partial charge in [0.1, 0.15) is 23.0 Å². The Hall–Kier alpha value is -3.01. The highest BCUT2D eigenvalue weighted by molar-refractivity contribution is 5.90. The lowest BCUT2D eigenvalue weighted by Gasteiger charge is -2.05. The number of carbonyl (C=O) groups is 1. The van der Waals surface area contributed by atoms with Crippen LogP contribution >= 0.6 is 0 Å². The number of hydrogen-bond donors (Lipinski definition) is 0. The van der Waals surface area contributed by atoms with Gasteiger partial charge >= 0.3 is 5.97 Å². The molecule has 2 aromatic carbocycles. The van der Waals surface area contributed by atoms with Gasteiger partial charge in [-0.05, 0) is 60.2 Å². The molecule has 23 heavy (non-hydrogen) atoms. The molecular formula is C19H16O4. The fourth-order valence-corrected chi connectivity index (χ4v) is 2.24. The van der Waals surface area contributed by atoms with Gasteiger partial charge in [-0.15, -0.1) is 0 Å². The van der Waals surface area contributed by atoms with E-state index in [4.69, 9.17) is 13.9 Å². The van der Waals surface area contributed by atoms with E-state index >= 15 is 0 Å². The first-order valence-electron chi connectivity index (χ1n) is 7.18. The zero-order chi connectivity index (χ0) is 16.2. The summed E-state index contributed by atoms with van der Waals surface area (Å²) in [6.45, 7) is 1.85. The minimum Gasteiger partial charge on any atom is -0.497 e. The number of rotatable bonds is 4. The molecule has 0 aliphatic carbocycles. The Kier molecular flexibility index (Phi) is 4.15. The average Bonchev–Trinajstić information content (AvgIpc) is 2.97. The van der Waals surface area contributed by atoms with Crippen molar-refractivity contribution < 1.29 is 18.7 Å². The van der Waals surface area contributed by atoms with Crippen molar-refractivity contribution in [1.29, 1.82) is 0 Å². The summed E-state index contributed by atoms with van der Waals surface area (Å²) in [5.41, 5.74) is 0. The molecule has 0 aliphatic rings. The van der Waals surface area contributed by atoms with Gasteiger partial charge in [-0.3, -0.25) is 0 Å². The first-order valence-corrected chi connectivity index (χ1v) is 7.18. The highest BCUT2D eigenvalue weighted by Crippen LogP contribution is 2.25. The average molecular weight is 308 g/mol. The Morgan fingerprint density at radius 1 is 1.00 bits per heavy atom. The summed E-state index contributed by atoms with van der Waals surface area (Å²) in [5.74, 6) is 2.19. The molecule has 1 heterocycles. The van der Waals surface area contributed by atoms with Gasteiger partial charge in [0.25, 0.3) is 0 Å². The number of benzene rings is 2. The van der Waals surface area contributed by atoms with Gasteiger partial charge in [0.2, 0.25) is 0 Å². The molecule has 116 valence electrons. The maximum atomic E-state index is 11.9. The highest BCUT2D eigenvalue weighted by atomic mass is 16.5. The van der Waals surface area contributed by atoms with Gasteiger partial charge in [-0.1, -0.05) is 12.1 Å². The number of aryl methyl sites for hydroxylation is 1. The number of carbonyl (C=O) groups excluding carboxylic acids is 1. The van der Waals surface area contributed by atoms with E-state index in [9.17, 15) is 4.79 Å². The lowest BCUT2D eigenvalue weighted by Crippen LogP contribution is -2.03. The summed E-state index contributed by atoms with van der Waals surface area (Å²) in [5, 5.41) is 1.99. The first-order chi connectivity index (χ1) is 11.1. The third-order valence-electron chi connectivity index (χ3n) is 3.38. The lowest BCUT2D eigenvalue weighted by molar-refractivity contribution is -0.128. The Morgan fingerprint density at radius 2 is 1.74 bits per heavy atom. The van der Waals surface area contributed by atoms with Gasteiger partial charge in [0.15, 0.2) is 0 Å². The lowest BCUT2D eigenvalue weighted by atomic mass is 10.1. The van der Waals surface area contributed by atoms with Crippen LogP contribution in [0.4, 0.5) is 0 Å². The molecule has 0 atom stereocenters. The molecule has 4 nitrogen and oxygen atoms in total. The molecule has 1 aromatic heterocycles. The second-order valence-corrected chi connectivity index (χ2v) is 5.08. The predicted octanol–water partition coefficient (Wildman–Crippen LogP) is 4.37. The van der Waals surface area contributed by atoms with Crippen LogP contribution in [-0.2, 0) is 4.79 Å².